The van der Waals surface area contributed by atoms with E-state index in [9.17, 15) is 4.79 Å². The largest absolute Gasteiger partial charge is 0.497 e. The molecule has 7 heteroatoms. The van der Waals surface area contributed by atoms with Crippen molar-refractivity contribution in [2.45, 2.75) is 13.8 Å². The molecule has 7 nitrogen and oxygen atoms in total. The van der Waals surface area contributed by atoms with E-state index in [2.05, 4.69) is 20.6 Å². The van der Waals surface area contributed by atoms with Crippen LogP contribution in [0.15, 0.2) is 48.8 Å². The van der Waals surface area contributed by atoms with E-state index in [1.807, 2.05) is 32.0 Å². The molecule has 0 unspecified atom stereocenters. The van der Waals surface area contributed by atoms with Crippen molar-refractivity contribution in [1.29, 1.82) is 0 Å². The second kappa shape index (κ2) is 8.39. The first kappa shape index (κ1) is 19.2. The number of carbonyl (C=O) groups is 1. The van der Waals surface area contributed by atoms with Gasteiger partial charge < -0.3 is 20.1 Å². The monoisotopic (exact) mass is 378 g/mol. The van der Waals surface area contributed by atoms with Gasteiger partial charge in [-0.1, -0.05) is 17.7 Å². The van der Waals surface area contributed by atoms with Crippen molar-refractivity contribution in [3.05, 3.63) is 65.5 Å². The summed E-state index contributed by atoms with van der Waals surface area (Å²) in [6, 6.07) is 11.2. The average Bonchev–Trinajstić information content (AvgIpc) is 2.70. The standard InChI is InChI=1S/C21H22N4O3/c1-13-5-7-17(14(2)9-13)24-20(26)15-11-22-21(23-12-15)25-18-10-16(27-3)6-8-19(18)28-4/h5-12H,1-4H3,(H,24,26)(H,22,23,25). The van der Waals surface area contributed by atoms with Gasteiger partial charge in [0.1, 0.15) is 11.5 Å². The summed E-state index contributed by atoms with van der Waals surface area (Å²) in [5, 5.41) is 5.95. The Morgan fingerprint density at radius 1 is 0.929 bits per heavy atom. The predicted molar refractivity (Wildman–Crippen MR) is 109 cm³/mol. The number of carbonyl (C=O) groups excluding carboxylic acids is 1. The molecule has 0 saturated heterocycles. The molecule has 144 valence electrons. The molecule has 3 aromatic rings. The first-order chi connectivity index (χ1) is 13.5. The van der Waals surface area contributed by atoms with E-state index in [1.54, 1.807) is 32.4 Å². The summed E-state index contributed by atoms with van der Waals surface area (Å²) in [5.41, 5.74) is 3.93. The maximum absolute atomic E-state index is 12.5. The van der Waals surface area contributed by atoms with E-state index in [4.69, 9.17) is 9.47 Å². The summed E-state index contributed by atoms with van der Waals surface area (Å²) in [5.74, 6) is 1.38. The van der Waals surface area contributed by atoms with E-state index < -0.39 is 0 Å². The number of hydrogen-bond acceptors (Lipinski definition) is 6. The van der Waals surface area contributed by atoms with Crippen molar-refractivity contribution < 1.29 is 14.3 Å². The van der Waals surface area contributed by atoms with Crippen LogP contribution in [-0.2, 0) is 0 Å². The summed E-state index contributed by atoms with van der Waals surface area (Å²) in [6.45, 7) is 3.96. The third-order valence-electron chi connectivity index (χ3n) is 4.20. The highest BCUT2D eigenvalue weighted by Gasteiger charge is 2.11. The van der Waals surface area contributed by atoms with Crippen LogP contribution in [0.4, 0.5) is 17.3 Å². The molecule has 1 heterocycles. The summed E-state index contributed by atoms with van der Waals surface area (Å²) in [4.78, 5) is 20.9. The van der Waals surface area contributed by atoms with E-state index in [1.165, 1.54) is 12.4 Å². The number of amides is 1. The summed E-state index contributed by atoms with van der Waals surface area (Å²) in [6.07, 6.45) is 2.95. The number of aromatic nitrogens is 2. The molecule has 0 spiro atoms. The van der Waals surface area contributed by atoms with Crippen molar-refractivity contribution in [1.82, 2.24) is 9.97 Å². The molecular formula is C21H22N4O3. The molecule has 2 N–H and O–H groups in total. The average molecular weight is 378 g/mol. The summed E-state index contributed by atoms with van der Waals surface area (Å²) < 4.78 is 10.6. The van der Waals surface area contributed by atoms with Gasteiger partial charge in [0.05, 0.1) is 25.5 Å². The Hall–Kier alpha value is -3.61. The van der Waals surface area contributed by atoms with E-state index in [0.717, 1.165) is 16.8 Å². The van der Waals surface area contributed by atoms with Gasteiger partial charge >= 0.3 is 0 Å². The fraction of sp³-hybridized carbons (Fsp3) is 0.190. The van der Waals surface area contributed by atoms with Crippen LogP contribution in [0.25, 0.3) is 0 Å². The van der Waals surface area contributed by atoms with Crippen molar-refractivity contribution in [2.24, 2.45) is 0 Å². The topological polar surface area (TPSA) is 85.4 Å². The Bertz CT molecular complexity index is 987. The third-order valence-corrected chi connectivity index (χ3v) is 4.20. The van der Waals surface area contributed by atoms with Gasteiger partial charge in [0.15, 0.2) is 0 Å². The van der Waals surface area contributed by atoms with Gasteiger partial charge in [-0.2, -0.15) is 0 Å². The summed E-state index contributed by atoms with van der Waals surface area (Å²) in [7, 11) is 3.17. The maximum Gasteiger partial charge on any atom is 0.258 e. The predicted octanol–water partition coefficient (Wildman–Crippen LogP) is 4.11. The van der Waals surface area contributed by atoms with Crippen LogP contribution in [-0.4, -0.2) is 30.1 Å². The molecule has 28 heavy (non-hydrogen) atoms. The molecule has 0 aliphatic carbocycles. The molecule has 0 fully saturated rings. The van der Waals surface area contributed by atoms with Gasteiger partial charge in [0, 0.05) is 24.1 Å². The molecule has 3 rings (SSSR count). The molecule has 0 atom stereocenters. The lowest BCUT2D eigenvalue weighted by molar-refractivity contribution is 0.102. The first-order valence-electron chi connectivity index (χ1n) is 8.70. The Morgan fingerprint density at radius 2 is 1.68 bits per heavy atom. The highest BCUT2D eigenvalue weighted by Crippen LogP contribution is 2.30. The normalized spacial score (nSPS) is 10.3. The van der Waals surface area contributed by atoms with Gasteiger partial charge in [0.2, 0.25) is 5.95 Å². The van der Waals surface area contributed by atoms with Crippen LogP contribution < -0.4 is 20.1 Å². The van der Waals surface area contributed by atoms with E-state index in [-0.39, 0.29) is 5.91 Å². The molecule has 0 saturated carbocycles. The number of nitrogens with one attached hydrogen (secondary N) is 2. The Labute approximate surface area is 163 Å². The number of ether oxygens (including phenoxy) is 2. The molecular weight excluding hydrogens is 356 g/mol. The Morgan fingerprint density at radius 3 is 2.32 bits per heavy atom. The molecule has 1 amide bonds. The fourth-order valence-corrected chi connectivity index (χ4v) is 2.69. The number of benzene rings is 2. The molecule has 0 aliphatic heterocycles. The van der Waals surface area contributed by atoms with Gasteiger partial charge in [-0.3, -0.25) is 4.79 Å². The number of rotatable bonds is 6. The van der Waals surface area contributed by atoms with Crippen molar-refractivity contribution in [3.8, 4) is 11.5 Å². The van der Waals surface area contributed by atoms with Crippen molar-refractivity contribution in [3.63, 3.8) is 0 Å². The smallest absolute Gasteiger partial charge is 0.258 e. The highest BCUT2D eigenvalue weighted by molar-refractivity contribution is 6.04. The SMILES string of the molecule is COc1ccc(OC)c(Nc2ncc(C(=O)Nc3ccc(C)cc3C)cn2)c1. The number of anilines is 3. The molecule has 0 aliphatic rings. The van der Waals surface area contributed by atoms with Gasteiger partial charge in [-0.05, 0) is 37.6 Å². The summed E-state index contributed by atoms with van der Waals surface area (Å²) >= 11 is 0. The minimum atomic E-state index is -0.266. The van der Waals surface area contributed by atoms with Crippen LogP contribution in [0.5, 0.6) is 11.5 Å². The lowest BCUT2D eigenvalue weighted by Gasteiger charge is -2.12. The Kier molecular flexibility index (Phi) is 5.74. The molecule has 2 aromatic carbocycles. The molecule has 0 bridgehead atoms. The van der Waals surface area contributed by atoms with Crippen LogP contribution in [0.3, 0.4) is 0 Å². The van der Waals surface area contributed by atoms with Crippen LogP contribution in [0.1, 0.15) is 21.5 Å². The zero-order valence-corrected chi connectivity index (χ0v) is 16.2. The lowest BCUT2D eigenvalue weighted by atomic mass is 10.1. The zero-order chi connectivity index (χ0) is 20.1. The number of aryl methyl sites for hydroxylation is 2. The Balaban J connectivity index is 1.74. The maximum atomic E-state index is 12.5. The van der Waals surface area contributed by atoms with Crippen LogP contribution in [0, 0.1) is 13.8 Å². The van der Waals surface area contributed by atoms with Crippen molar-refractivity contribution in [2.75, 3.05) is 24.9 Å². The molecule has 1 aromatic heterocycles. The van der Waals surface area contributed by atoms with Gasteiger partial charge in [0.25, 0.3) is 5.91 Å². The second-order valence-electron chi connectivity index (χ2n) is 6.26. The molecule has 0 radical (unpaired) electrons. The van der Waals surface area contributed by atoms with E-state index >= 15 is 0 Å². The second-order valence-corrected chi connectivity index (χ2v) is 6.26. The first-order valence-corrected chi connectivity index (χ1v) is 8.70. The minimum absolute atomic E-state index is 0.266. The fourth-order valence-electron chi connectivity index (χ4n) is 2.69. The highest BCUT2D eigenvalue weighted by atomic mass is 16.5. The minimum Gasteiger partial charge on any atom is -0.497 e. The quantitative estimate of drug-likeness (QED) is 0.671. The lowest BCUT2D eigenvalue weighted by Crippen LogP contribution is -2.14. The third kappa shape index (κ3) is 4.37. The zero-order valence-electron chi connectivity index (χ0n) is 16.2. The van der Waals surface area contributed by atoms with Gasteiger partial charge in [-0.25, -0.2) is 9.97 Å². The number of nitrogens with zero attached hydrogens (tertiary/aromatic N) is 2. The van der Waals surface area contributed by atoms with E-state index in [0.29, 0.717) is 28.7 Å². The van der Waals surface area contributed by atoms with Crippen LogP contribution >= 0.6 is 0 Å². The van der Waals surface area contributed by atoms with Crippen LogP contribution in [0.2, 0.25) is 0 Å². The number of methoxy groups -OCH3 is 2. The van der Waals surface area contributed by atoms with Crippen molar-refractivity contribution >= 4 is 23.2 Å². The van der Waals surface area contributed by atoms with Gasteiger partial charge in [-0.15, -0.1) is 0 Å². The number of hydrogen-bond donors (Lipinski definition) is 2.